The number of thiazole rings is 1. The van der Waals surface area contributed by atoms with Gasteiger partial charge in [-0.05, 0) is 40.5 Å². The van der Waals surface area contributed by atoms with Crippen molar-refractivity contribution in [2.24, 2.45) is 5.73 Å². The summed E-state index contributed by atoms with van der Waals surface area (Å²) < 4.78 is 6.15. The first-order chi connectivity index (χ1) is 11.2. The van der Waals surface area contributed by atoms with Gasteiger partial charge in [0.2, 0.25) is 5.91 Å². The summed E-state index contributed by atoms with van der Waals surface area (Å²) in [7, 11) is 0. The zero-order valence-corrected chi connectivity index (χ0v) is 12.8. The van der Waals surface area contributed by atoms with E-state index in [-0.39, 0.29) is 12.2 Å². The molecule has 0 spiro atoms. The van der Waals surface area contributed by atoms with Crippen LogP contribution in [0, 0.1) is 0 Å². The minimum absolute atomic E-state index is 0.0442. The van der Waals surface area contributed by atoms with Gasteiger partial charge < -0.3 is 10.5 Å². The molecule has 2 atom stereocenters. The molecule has 5 rings (SSSR count). The molecule has 3 heterocycles. The maximum atomic E-state index is 11.4. The summed E-state index contributed by atoms with van der Waals surface area (Å²) in [5, 5.41) is 2.97. The van der Waals surface area contributed by atoms with Crippen molar-refractivity contribution in [2.75, 3.05) is 0 Å². The highest BCUT2D eigenvalue weighted by Gasteiger charge is 2.42. The number of ether oxygens (including phenoxy) is 1. The Labute approximate surface area is 136 Å². The van der Waals surface area contributed by atoms with Crippen molar-refractivity contribution in [3.63, 3.8) is 0 Å². The first-order valence-electron chi connectivity index (χ1n) is 7.35. The van der Waals surface area contributed by atoms with Crippen LogP contribution in [-0.4, -0.2) is 10.9 Å². The van der Waals surface area contributed by atoms with Gasteiger partial charge in [0.15, 0.2) is 0 Å². The van der Waals surface area contributed by atoms with E-state index < -0.39 is 5.91 Å². The zero-order chi connectivity index (χ0) is 15.6. The lowest BCUT2D eigenvalue weighted by Gasteiger charge is -2.17. The Kier molecular flexibility index (Phi) is 2.54. The Hall–Kier alpha value is -2.50. The molecule has 0 fully saturated rings. The maximum Gasteiger partial charge on any atom is 0.248 e. The topological polar surface area (TPSA) is 65.2 Å². The lowest BCUT2D eigenvalue weighted by atomic mass is 9.84. The Balaban J connectivity index is 1.64. The van der Waals surface area contributed by atoms with E-state index in [1.54, 1.807) is 17.4 Å². The standard InChI is InChI=1S/C18H12N2O2S/c19-17(21)9-1-3-11-13(7-9)16-14-8-10(18-20-5-6-23-18)2-4-12(14)15(11)22-16/h1-8,15-16H,(H2,19,21). The second-order valence-corrected chi connectivity index (χ2v) is 6.68. The van der Waals surface area contributed by atoms with Crippen LogP contribution >= 0.6 is 11.3 Å². The summed E-state index contributed by atoms with van der Waals surface area (Å²) in [5.74, 6) is -0.410. The summed E-state index contributed by atoms with van der Waals surface area (Å²) >= 11 is 1.62. The molecule has 2 bridgehead atoms. The van der Waals surface area contributed by atoms with Crippen molar-refractivity contribution >= 4 is 17.2 Å². The van der Waals surface area contributed by atoms with Crippen LogP contribution in [0.1, 0.15) is 44.8 Å². The second kappa shape index (κ2) is 4.50. The number of primary amides is 1. The van der Waals surface area contributed by atoms with Crippen LogP contribution in [0.2, 0.25) is 0 Å². The van der Waals surface area contributed by atoms with E-state index in [0.717, 1.165) is 27.3 Å². The molecule has 2 aromatic carbocycles. The van der Waals surface area contributed by atoms with Gasteiger partial charge in [-0.3, -0.25) is 4.79 Å². The quantitative estimate of drug-likeness (QED) is 0.786. The van der Waals surface area contributed by atoms with Crippen molar-refractivity contribution in [3.8, 4) is 10.6 Å². The van der Waals surface area contributed by atoms with Crippen molar-refractivity contribution in [3.05, 3.63) is 75.8 Å². The third kappa shape index (κ3) is 1.75. The lowest BCUT2D eigenvalue weighted by Crippen LogP contribution is -2.12. The lowest BCUT2D eigenvalue weighted by molar-refractivity contribution is 0.0857. The summed E-state index contributed by atoms with van der Waals surface area (Å²) in [6, 6.07) is 12.0. The molecule has 2 N–H and O–H groups in total. The molecule has 3 aromatic rings. The van der Waals surface area contributed by atoms with Crippen molar-refractivity contribution < 1.29 is 9.53 Å². The van der Waals surface area contributed by atoms with E-state index in [2.05, 4.69) is 23.2 Å². The molecule has 0 saturated heterocycles. The van der Waals surface area contributed by atoms with E-state index in [0.29, 0.717) is 5.56 Å². The molecule has 2 aliphatic heterocycles. The second-order valence-electron chi connectivity index (χ2n) is 5.79. The first-order valence-corrected chi connectivity index (χ1v) is 8.23. The molecule has 112 valence electrons. The molecule has 0 saturated carbocycles. The number of benzene rings is 2. The molecule has 2 aliphatic rings. The number of nitrogens with two attached hydrogens (primary N) is 1. The first kappa shape index (κ1) is 13.0. The van der Waals surface area contributed by atoms with E-state index >= 15 is 0 Å². The van der Waals surface area contributed by atoms with Crippen LogP contribution < -0.4 is 5.73 Å². The molecule has 0 aliphatic carbocycles. The van der Waals surface area contributed by atoms with Crippen LogP contribution in [0.3, 0.4) is 0 Å². The fourth-order valence-corrected chi connectivity index (χ4v) is 4.13. The predicted octanol–water partition coefficient (Wildman–Crippen LogP) is 3.43. The molecule has 4 nitrogen and oxygen atoms in total. The summed E-state index contributed by atoms with van der Waals surface area (Å²) in [5.41, 5.74) is 11.6. The fourth-order valence-electron chi connectivity index (χ4n) is 3.50. The largest absolute Gasteiger partial charge is 0.366 e. The predicted molar refractivity (Wildman–Crippen MR) is 87.3 cm³/mol. The van der Waals surface area contributed by atoms with Crippen LogP contribution in [0.15, 0.2) is 48.0 Å². The highest BCUT2D eigenvalue weighted by Crippen LogP contribution is 2.54. The highest BCUT2D eigenvalue weighted by atomic mass is 32.1. The van der Waals surface area contributed by atoms with E-state index in [9.17, 15) is 4.79 Å². The number of hydrogen-bond acceptors (Lipinski definition) is 4. The molecular weight excluding hydrogens is 308 g/mol. The maximum absolute atomic E-state index is 11.4. The normalized spacial score (nSPS) is 20.3. The van der Waals surface area contributed by atoms with Crippen LogP contribution in [0.4, 0.5) is 0 Å². The Morgan fingerprint density at radius 3 is 2.52 bits per heavy atom. The smallest absolute Gasteiger partial charge is 0.248 e. The van der Waals surface area contributed by atoms with Gasteiger partial charge >= 0.3 is 0 Å². The van der Waals surface area contributed by atoms with Gasteiger partial charge in [0, 0.05) is 22.7 Å². The van der Waals surface area contributed by atoms with Gasteiger partial charge in [-0.15, -0.1) is 11.3 Å². The highest BCUT2D eigenvalue weighted by molar-refractivity contribution is 7.13. The van der Waals surface area contributed by atoms with Gasteiger partial charge in [0.1, 0.15) is 17.2 Å². The molecule has 5 heteroatoms. The van der Waals surface area contributed by atoms with Crippen molar-refractivity contribution in [1.29, 1.82) is 0 Å². The van der Waals surface area contributed by atoms with E-state index in [1.807, 2.05) is 23.7 Å². The number of hydrogen-bond donors (Lipinski definition) is 1. The molecule has 0 radical (unpaired) electrons. The van der Waals surface area contributed by atoms with Gasteiger partial charge in [0.05, 0.1) is 0 Å². The Morgan fingerprint density at radius 1 is 1.04 bits per heavy atom. The SMILES string of the molecule is NC(=O)c1ccc2c(c1)C1OC2c2ccc(-c3nccs3)cc21. The molecule has 1 aromatic heterocycles. The number of amides is 1. The number of carbonyl (C=O) groups excluding carboxylic acids is 1. The number of fused-ring (bicyclic) bond motifs is 8. The number of aromatic nitrogens is 1. The average Bonchev–Trinajstić information content (AvgIpc) is 3.29. The number of nitrogens with zero attached hydrogens (tertiary/aromatic N) is 1. The molecular formula is C18H12N2O2S. The Morgan fingerprint density at radius 2 is 1.78 bits per heavy atom. The minimum Gasteiger partial charge on any atom is -0.366 e. The van der Waals surface area contributed by atoms with Gasteiger partial charge in [0.25, 0.3) is 0 Å². The Bertz CT molecular complexity index is 950. The van der Waals surface area contributed by atoms with Crippen LogP contribution in [0.25, 0.3) is 10.6 Å². The zero-order valence-electron chi connectivity index (χ0n) is 12.0. The third-order valence-corrected chi connectivity index (χ3v) is 5.36. The molecule has 1 amide bonds. The van der Waals surface area contributed by atoms with E-state index in [4.69, 9.17) is 10.5 Å². The minimum atomic E-state index is -0.410. The molecule has 23 heavy (non-hydrogen) atoms. The fraction of sp³-hybridized carbons (Fsp3) is 0.111. The summed E-state index contributed by atoms with van der Waals surface area (Å²) in [4.78, 5) is 15.8. The van der Waals surface area contributed by atoms with Crippen LogP contribution in [-0.2, 0) is 4.74 Å². The third-order valence-electron chi connectivity index (χ3n) is 4.54. The van der Waals surface area contributed by atoms with Gasteiger partial charge in [-0.2, -0.15) is 0 Å². The monoisotopic (exact) mass is 320 g/mol. The van der Waals surface area contributed by atoms with Crippen molar-refractivity contribution in [1.82, 2.24) is 4.98 Å². The van der Waals surface area contributed by atoms with Crippen LogP contribution in [0.5, 0.6) is 0 Å². The van der Waals surface area contributed by atoms with Gasteiger partial charge in [-0.1, -0.05) is 18.2 Å². The molecule has 2 unspecified atom stereocenters. The van der Waals surface area contributed by atoms with Gasteiger partial charge in [-0.25, -0.2) is 4.98 Å². The summed E-state index contributed by atoms with van der Waals surface area (Å²) in [6.07, 6.45) is 1.64. The number of carbonyl (C=O) groups is 1. The summed E-state index contributed by atoms with van der Waals surface area (Å²) in [6.45, 7) is 0. The van der Waals surface area contributed by atoms with E-state index in [1.165, 1.54) is 5.56 Å². The average molecular weight is 320 g/mol. The van der Waals surface area contributed by atoms with Crippen molar-refractivity contribution in [2.45, 2.75) is 12.2 Å². The number of rotatable bonds is 2.